The fraction of sp³-hybridized carbons (Fsp3) is 0.538. The van der Waals surface area contributed by atoms with Crippen LogP contribution in [-0.2, 0) is 0 Å². The Hall–Kier alpha value is -0.820. The molecule has 1 saturated carbocycles. The smallest absolute Gasteiger partial charge is 0.00486 e. The number of nitrogens with two attached hydrogens (primary N) is 1. The molecule has 1 nitrogen and oxygen atoms in total. The van der Waals surface area contributed by atoms with Crippen LogP contribution >= 0.6 is 0 Å². The summed E-state index contributed by atoms with van der Waals surface area (Å²) < 4.78 is 0. The lowest BCUT2D eigenvalue weighted by molar-refractivity contribution is 0.329. The molecule has 0 saturated heterocycles. The SMILES string of the molecule is NC[C@@H]1CCCC(c2ccccc2)C1. The molecule has 0 radical (unpaired) electrons. The molecular weight excluding hydrogens is 170 g/mol. The van der Waals surface area contributed by atoms with Crippen LogP contribution in [0, 0.1) is 5.92 Å². The van der Waals surface area contributed by atoms with Crippen LogP contribution in [0.4, 0.5) is 0 Å². The molecule has 1 fully saturated rings. The monoisotopic (exact) mass is 189 g/mol. The predicted octanol–water partition coefficient (Wildman–Crippen LogP) is 2.92. The van der Waals surface area contributed by atoms with Crippen LogP contribution in [0.3, 0.4) is 0 Å². The molecule has 0 spiro atoms. The Bertz CT molecular complexity index is 268. The van der Waals surface area contributed by atoms with E-state index < -0.39 is 0 Å². The van der Waals surface area contributed by atoms with Crippen molar-refractivity contribution in [3.63, 3.8) is 0 Å². The van der Waals surface area contributed by atoms with Gasteiger partial charge in [0.1, 0.15) is 0 Å². The van der Waals surface area contributed by atoms with E-state index in [1.807, 2.05) is 0 Å². The number of hydrogen-bond acceptors (Lipinski definition) is 1. The standard InChI is InChI=1S/C13H19N/c14-10-11-5-4-8-13(9-11)12-6-2-1-3-7-12/h1-3,6-7,11,13H,4-5,8-10,14H2/t11-,13?/m1/s1. The minimum absolute atomic E-state index is 0.758. The van der Waals surface area contributed by atoms with Crippen LogP contribution in [0.5, 0.6) is 0 Å². The van der Waals surface area contributed by atoms with E-state index in [0.29, 0.717) is 0 Å². The Kier molecular flexibility index (Phi) is 3.20. The van der Waals surface area contributed by atoms with Gasteiger partial charge in [0.05, 0.1) is 0 Å². The second-order valence-electron chi connectivity index (χ2n) is 4.38. The van der Waals surface area contributed by atoms with Crippen LogP contribution in [0.1, 0.15) is 37.2 Å². The number of benzene rings is 1. The second kappa shape index (κ2) is 4.61. The normalized spacial score (nSPS) is 27.5. The van der Waals surface area contributed by atoms with E-state index in [0.717, 1.165) is 18.4 Å². The summed E-state index contributed by atoms with van der Waals surface area (Å²) >= 11 is 0. The number of rotatable bonds is 2. The van der Waals surface area contributed by atoms with Gasteiger partial charge in [-0.25, -0.2) is 0 Å². The second-order valence-corrected chi connectivity index (χ2v) is 4.38. The highest BCUT2D eigenvalue weighted by Gasteiger charge is 2.21. The Morgan fingerprint density at radius 2 is 1.93 bits per heavy atom. The molecule has 0 aliphatic heterocycles. The largest absolute Gasteiger partial charge is 0.330 e. The van der Waals surface area contributed by atoms with Crippen molar-refractivity contribution in [3.05, 3.63) is 35.9 Å². The summed E-state index contributed by atoms with van der Waals surface area (Å²) in [6, 6.07) is 10.9. The van der Waals surface area contributed by atoms with Gasteiger partial charge in [0.2, 0.25) is 0 Å². The molecule has 1 aromatic rings. The third-order valence-electron chi connectivity index (χ3n) is 3.39. The molecule has 2 N–H and O–H groups in total. The topological polar surface area (TPSA) is 26.0 Å². The van der Waals surface area contributed by atoms with Crippen LogP contribution in [0.25, 0.3) is 0 Å². The Morgan fingerprint density at radius 1 is 1.14 bits per heavy atom. The number of hydrogen-bond donors (Lipinski definition) is 1. The molecule has 1 unspecified atom stereocenters. The zero-order chi connectivity index (χ0) is 9.80. The van der Waals surface area contributed by atoms with Crippen LogP contribution in [0.2, 0.25) is 0 Å². The Morgan fingerprint density at radius 3 is 2.64 bits per heavy atom. The van der Waals surface area contributed by atoms with E-state index in [4.69, 9.17) is 5.73 Å². The van der Waals surface area contributed by atoms with Crippen molar-refractivity contribution in [2.75, 3.05) is 6.54 Å². The third-order valence-corrected chi connectivity index (χ3v) is 3.39. The average molecular weight is 189 g/mol. The maximum Gasteiger partial charge on any atom is -0.00486 e. The maximum absolute atomic E-state index is 5.74. The molecule has 0 amide bonds. The summed E-state index contributed by atoms with van der Waals surface area (Å²) in [5, 5.41) is 0. The first kappa shape index (κ1) is 9.72. The van der Waals surface area contributed by atoms with Crippen molar-refractivity contribution >= 4 is 0 Å². The van der Waals surface area contributed by atoms with Gasteiger partial charge in [0.25, 0.3) is 0 Å². The molecule has 1 aliphatic carbocycles. The Labute approximate surface area is 86.3 Å². The molecule has 0 aromatic heterocycles. The molecule has 0 bridgehead atoms. The van der Waals surface area contributed by atoms with Crippen molar-refractivity contribution in [2.24, 2.45) is 11.7 Å². The molecule has 1 aromatic carbocycles. The van der Waals surface area contributed by atoms with Crippen molar-refractivity contribution < 1.29 is 0 Å². The van der Waals surface area contributed by atoms with Gasteiger partial charge in [0.15, 0.2) is 0 Å². The van der Waals surface area contributed by atoms with Gasteiger partial charge in [-0.2, -0.15) is 0 Å². The van der Waals surface area contributed by atoms with Gasteiger partial charge in [-0.05, 0) is 43.2 Å². The molecule has 14 heavy (non-hydrogen) atoms. The van der Waals surface area contributed by atoms with E-state index >= 15 is 0 Å². The van der Waals surface area contributed by atoms with E-state index in [1.54, 1.807) is 0 Å². The van der Waals surface area contributed by atoms with Gasteiger partial charge in [-0.1, -0.05) is 36.8 Å². The van der Waals surface area contributed by atoms with Crippen molar-refractivity contribution in [1.29, 1.82) is 0 Å². The first-order valence-corrected chi connectivity index (χ1v) is 5.65. The van der Waals surface area contributed by atoms with E-state index in [1.165, 1.54) is 31.2 Å². The third kappa shape index (κ3) is 2.16. The summed E-state index contributed by atoms with van der Waals surface area (Å²) in [6.45, 7) is 0.864. The lowest BCUT2D eigenvalue weighted by Crippen LogP contribution is -2.21. The summed E-state index contributed by atoms with van der Waals surface area (Å²) in [6.07, 6.45) is 5.32. The minimum Gasteiger partial charge on any atom is -0.330 e. The van der Waals surface area contributed by atoms with Crippen molar-refractivity contribution in [2.45, 2.75) is 31.6 Å². The fourth-order valence-corrected chi connectivity index (χ4v) is 2.53. The van der Waals surface area contributed by atoms with Crippen molar-refractivity contribution in [3.8, 4) is 0 Å². The first-order chi connectivity index (χ1) is 6.90. The fourth-order valence-electron chi connectivity index (χ4n) is 2.53. The molecule has 76 valence electrons. The summed E-state index contributed by atoms with van der Waals surface area (Å²) in [4.78, 5) is 0. The quantitative estimate of drug-likeness (QED) is 0.760. The summed E-state index contributed by atoms with van der Waals surface area (Å²) in [7, 11) is 0. The van der Waals surface area contributed by atoms with Crippen LogP contribution < -0.4 is 5.73 Å². The minimum atomic E-state index is 0.758. The van der Waals surface area contributed by atoms with Crippen LogP contribution in [-0.4, -0.2) is 6.54 Å². The molecule has 0 heterocycles. The van der Waals surface area contributed by atoms with Gasteiger partial charge in [0, 0.05) is 0 Å². The maximum atomic E-state index is 5.74. The van der Waals surface area contributed by atoms with Crippen LogP contribution in [0.15, 0.2) is 30.3 Å². The van der Waals surface area contributed by atoms with E-state index in [9.17, 15) is 0 Å². The van der Waals surface area contributed by atoms with E-state index in [2.05, 4.69) is 30.3 Å². The zero-order valence-electron chi connectivity index (χ0n) is 8.65. The van der Waals surface area contributed by atoms with Gasteiger partial charge < -0.3 is 5.73 Å². The first-order valence-electron chi connectivity index (χ1n) is 5.65. The molecular formula is C13H19N. The van der Waals surface area contributed by atoms with E-state index in [-0.39, 0.29) is 0 Å². The molecule has 1 aliphatic rings. The Balaban J connectivity index is 2.04. The lowest BCUT2D eigenvalue weighted by atomic mass is 9.78. The highest BCUT2D eigenvalue weighted by atomic mass is 14.6. The molecule has 2 rings (SSSR count). The van der Waals surface area contributed by atoms with Gasteiger partial charge in [-0.3, -0.25) is 0 Å². The summed E-state index contributed by atoms with van der Waals surface area (Å²) in [5.41, 5.74) is 7.25. The van der Waals surface area contributed by atoms with Gasteiger partial charge in [-0.15, -0.1) is 0 Å². The average Bonchev–Trinajstić information content (AvgIpc) is 2.30. The molecule has 2 atom stereocenters. The highest BCUT2D eigenvalue weighted by Crippen LogP contribution is 2.35. The van der Waals surface area contributed by atoms with Crippen molar-refractivity contribution in [1.82, 2.24) is 0 Å². The zero-order valence-corrected chi connectivity index (χ0v) is 8.65. The molecule has 1 heteroatoms. The predicted molar refractivity (Wildman–Crippen MR) is 60.2 cm³/mol. The highest BCUT2D eigenvalue weighted by molar-refractivity contribution is 5.19. The summed E-state index contributed by atoms with van der Waals surface area (Å²) in [5.74, 6) is 1.52. The lowest BCUT2D eigenvalue weighted by Gasteiger charge is -2.28. The van der Waals surface area contributed by atoms with Gasteiger partial charge >= 0.3 is 0 Å².